The Morgan fingerprint density at radius 1 is 1.06 bits per heavy atom. The minimum atomic E-state index is -4.65. The van der Waals surface area contributed by atoms with Gasteiger partial charge in [0.2, 0.25) is 0 Å². The minimum absolute atomic E-state index is 0.223. The second-order valence-corrected chi connectivity index (χ2v) is 6.87. The molecular formula is C22H17F4N3O2. The number of ether oxygens (including phenoxy) is 1. The zero-order chi connectivity index (χ0) is 22.2. The predicted octanol–water partition coefficient (Wildman–Crippen LogP) is 5.28. The van der Waals surface area contributed by atoms with E-state index in [0.29, 0.717) is 41.8 Å². The summed E-state index contributed by atoms with van der Waals surface area (Å²) in [4.78, 5) is 19.0. The summed E-state index contributed by atoms with van der Waals surface area (Å²) >= 11 is 0. The van der Waals surface area contributed by atoms with Gasteiger partial charge < -0.3 is 10.1 Å². The van der Waals surface area contributed by atoms with Crippen LogP contribution in [0.5, 0.6) is 11.5 Å². The number of halogens is 4. The number of amides is 1. The molecule has 0 unspecified atom stereocenters. The van der Waals surface area contributed by atoms with Crippen molar-refractivity contribution in [3.8, 4) is 11.5 Å². The number of anilines is 2. The van der Waals surface area contributed by atoms with Crippen LogP contribution < -0.4 is 15.0 Å². The van der Waals surface area contributed by atoms with Crippen molar-refractivity contribution < 1.29 is 27.1 Å². The molecule has 0 atom stereocenters. The van der Waals surface area contributed by atoms with E-state index in [1.54, 1.807) is 43.4 Å². The maximum atomic E-state index is 14.2. The van der Waals surface area contributed by atoms with Gasteiger partial charge in [0, 0.05) is 24.7 Å². The zero-order valence-electron chi connectivity index (χ0n) is 16.3. The van der Waals surface area contributed by atoms with E-state index >= 15 is 0 Å². The fraction of sp³-hybridized carbons (Fsp3) is 0.182. The number of benzene rings is 2. The molecule has 0 aliphatic carbocycles. The first-order valence-electron chi connectivity index (χ1n) is 9.41. The molecule has 1 N–H and O–H groups in total. The number of carbonyl (C=O) groups excluding carboxylic acids is 1. The van der Waals surface area contributed by atoms with Crippen LogP contribution in [0.25, 0.3) is 0 Å². The van der Waals surface area contributed by atoms with Crippen LogP contribution in [0.15, 0.2) is 54.6 Å². The van der Waals surface area contributed by atoms with Crippen molar-refractivity contribution in [2.75, 3.05) is 23.8 Å². The number of nitrogens with zero attached hydrogens (tertiary/aromatic N) is 2. The van der Waals surface area contributed by atoms with Gasteiger partial charge in [-0.2, -0.15) is 13.2 Å². The lowest BCUT2D eigenvalue weighted by Gasteiger charge is -2.29. The van der Waals surface area contributed by atoms with Gasteiger partial charge in [-0.1, -0.05) is 12.1 Å². The molecule has 3 aromatic rings. The normalized spacial score (nSPS) is 13.7. The molecule has 2 heterocycles. The summed E-state index contributed by atoms with van der Waals surface area (Å²) in [5.74, 6) is -0.445. The number of nitrogens with one attached hydrogen (secondary N) is 1. The third-order valence-electron chi connectivity index (χ3n) is 4.94. The van der Waals surface area contributed by atoms with Crippen molar-refractivity contribution in [1.29, 1.82) is 0 Å². The standard InChI is InChI=1S/C22H17F4N3O2/c1-27-19-6-3-7-20(28-19)29-11-10-14-15(21(29)30)4-2-5-17(14)31-18-9-8-13(12-16(18)23)22(24,25)26/h2-9,12H,10-11H2,1H3,(H,27,28). The van der Waals surface area contributed by atoms with Crippen LogP contribution in [-0.2, 0) is 12.6 Å². The molecule has 0 fully saturated rings. The minimum Gasteiger partial charge on any atom is -0.454 e. The molecular weight excluding hydrogens is 414 g/mol. The quantitative estimate of drug-likeness (QED) is 0.572. The van der Waals surface area contributed by atoms with Crippen molar-refractivity contribution in [1.82, 2.24) is 4.98 Å². The van der Waals surface area contributed by atoms with Crippen molar-refractivity contribution in [3.63, 3.8) is 0 Å². The van der Waals surface area contributed by atoms with Crippen LogP contribution in [0.1, 0.15) is 21.5 Å². The molecule has 0 spiro atoms. The fourth-order valence-corrected chi connectivity index (χ4v) is 3.40. The van der Waals surface area contributed by atoms with E-state index in [1.165, 1.54) is 4.90 Å². The lowest BCUT2D eigenvalue weighted by atomic mass is 9.98. The topological polar surface area (TPSA) is 54.5 Å². The van der Waals surface area contributed by atoms with Crippen molar-refractivity contribution in [3.05, 3.63) is 77.1 Å². The number of fused-ring (bicyclic) bond motifs is 1. The third-order valence-corrected chi connectivity index (χ3v) is 4.94. The summed E-state index contributed by atoms with van der Waals surface area (Å²) in [7, 11) is 1.73. The monoisotopic (exact) mass is 431 g/mol. The molecule has 1 amide bonds. The second kappa shape index (κ2) is 7.90. The number of hydrogen-bond acceptors (Lipinski definition) is 4. The second-order valence-electron chi connectivity index (χ2n) is 6.87. The van der Waals surface area contributed by atoms with Crippen LogP contribution in [0.4, 0.5) is 29.2 Å². The van der Waals surface area contributed by atoms with Gasteiger partial charge in [-0.05, 0) is 48.9 Å². The molecule has 160 valence electrons. The average molecular weight is 431 g/mol. The van der Waals surface area contributed by atoms with Gasteiger partial charge in [-0.15, -0.1) is 0 Å². The van der Waals surface area contributed by atoms with Gasteiger partial charge in [0.1, 0.15) is 17.4 Å². The van der Waals surface area contributed by atoms with Gasteiger partial charge in [0.25, 0.3) is 5.91 Å². The van der Waals surface area contributed by atoms with E-state index in [0.717, 1.165) is 12.1 Å². The Kier molecular flexibility index (Phi) is 5.26. The molecule has 4 rings (SSSR count). The molecule has 1 aromatic heterocycles. The van der Waals surface area contributed by atoms with E-state index in [1.807, 2.05) is 0 Å². The molecule has 5 nitrogen and oxygen atoms in total. The molecule has 31 heavy (non-hydrogen) atoms. The van der Waals surface area contributed by atoms with Gasteiger partial charge in [0.05, 0.1) is 5.56 Å². The highest BCUT2D eigenvalue weighted by molar-refractivity contribution is 6.08. The highest BCUT2D eigenvalue weighted by Gasteiger charge is 2.32. The van der Waals surface area contributed by atoms with Crippen LogP contribution in [0, 0.1) is 5.82 Å². The number of pyridine rings is 1. The summed E-state index contributed by atoms with van der Waals surface area (Å²) in [6.45, 7) is 0.321. The molecule has 9 heteroatoms. The van der Waals surface area contributed by atoms with Gasteiger partial charge in [0.15, 0.2) is 11.6 Å². The van der Waals surface area contributed by atoms with Crippen LogP contribution in [0.3, 0.4) is 0 Å². The Morgan fingerprint density at radius 2 is 1.84 bits per heavy atom. The van der Waals surface area contributed by atoms with E-state index in [4.69, 9.17) is 4.74 Å². The van der Waals surface area contributed by atoms with Crippen LogP contribution in [0.2, 0.25) is 0 Å². The highest BCUT2D eigenvalue weighted by atomic mass is 19.4. The molecule has 0 saturated heterocycles. The summed E-state index contributed by atoms with van der Waals surface area (Å²) in [6, 6.07) is 12.1. The largest absolute Gasteiger partial charge is 0.454 e. The van der Waals surface area contributed by atoms with Crippen molar-refractivity contribution >= 4 is 17.5 Å². The first kappa shape index (κ1) is 20.6. The Morgan fingerprint density at radius 3 is 2.55 bits per heavy atom. The molecule has 0 bridgehead atoms. The average Bonchev–Trinajstić information content (AvgIpc) is 2.75. The Labute approximate surface area is 175 Å². The summed E-state index contributed by atoms with van der Waals surface area (Å²) < 4.78 is 58.1. The maximum absolute atomic E-state index is 14.2. The summed E-state index contributed by atoms with van der Waals surface area (Å²) in [5.41, 5.74) is -0.171. The fourth-order valence-electron chi connectivity index (χ4n) is 3.40. The van der Waals surface area contributed by atoms with Crippen molar-refractivity contribution in [2.45, 2.75) is 12.6 Å². The predicted molar refractivity (Wildman–Crippen MR) is 107 cm³/mol. The van der Waals surface area contributed by atoms with Crippen LogP contribution in [-0.4, -0.2) is 24.5 Å². The molecule has 1 aliphatic rings. The van der Waals surface area contributed by atoms with Crippen molar-refractivity contribution in [2.24, 2.45) is 0 Å². The molecule has 2 aromatic carbocycles. The van der Waals surface area contributed by atoms with Gasteiger partial charge in [-0.3, -0.25) is 9.69 Å². The van der Waals surface area contributed by atoms with E-state index in [9.17, 15) is 22.4 Å². The summed E-state index contributed by atoms with van der Waals surface area (Å²) in [5, 5.41) is 2.92. The lowest BCUT2D eigenvalue weighted by molar-refractivity contribution is -0.137. The number of carbonyl (C=O) groups is 1. The Hall–Kier alpha value is -3.62. The van der Waals surface area contributed by atoms with E-state index in [2.05, 4.69) is 10.3 Å². The number of aromatic nitrogens is 1. The summed E-state index contributed by atoms with van der Waals surface area (Å²) in [6.07, 6.45) is -4.25. The van der Waals surface area contributed by atoms with E-state index in [-0.39, 0.29) is 17.4 Å². The number of hydrogen-bond donors (Lipinski definition) is 1. The third kappa shape index (κ3) is 4.03. The Bertz CT molecular complexity index is 1150. The molecule has 0 saturated carbocycles. The van der Waals surface area contributed by atoms with Crippen LogP contribution >= 0.6 is 0 Å². The lowest BCUT2D eigenvalue weighted by Crippen LogP contribution is -2.38. The number of rotatable bonds is 4. The first-order chi connectivity index (χ1) is 14.8. The number of alkyl halides is 3. The SMILES string of the molecule is CNc1cccc(N2CCc3c(Oc4ccc(C(F)(F)F)cc4F)cccc3C2=O)n1. The zero-order valence-corrected chi connectivity index (χ0v) is 16.3. The highest BCUT2D eigenvalue weighted by Crippen LogP contribution is 2.36. The van der Waals surface area contributed by atoms with E-state index < -0.39 is 17.6 Å². The van der Waals surface area contributed by atoms with Gasteiger partial charge >= 0.3 is 6.18 Å². The Balaban J connectivity index is 1.63. The maximum Gasteiger partial charge on any atom is 0.416 e. The smallest absolute Gasteiger partial charge is 0.416 e. The first-order valence-corrected chi connectivity index (χ1v) is 9.41. The van der Waals surface area contributed by atoms with Gasteiger partial charge in [-0.25, -0.2) is 9.37 Å². The molecule has 1 aliphatic heterocycles. The molecule has 0 radical (unpaired) electrons.